The van der Waals surface area contributed by atoms with Gasteiger partial charge in [-0.2, -0.15) is 4.98 Å². The molecule has 2 N–H and O–H groups in total. The third-order valence-electron chi connectivity index (χ3n) is 3.60. The molecule has 0 aliphatic rings. The maximum atomic E-state index is 12.4. The van der Waals surface area contributed by atoms with E-state index < -0.39 is 10.0 Å². The minimum atomic E-state index is -3.66. The SMILES string of the molecule is CCCCCCCc1cccc(S(=O)(=O)Nc2n[nH]c(C)n2)c1. The first-order chi connectivity index (χ1) is 11.0. The number of H-pyrrole nitrogens is 1. The fraction of sp³-hybridized carbons (Fsp3) is 0.500. The fourth-order valence-electron chi connectivity index (χ4n) is 2.37. The van der Waals surface area contributed by atoms with Crippen molar-refractivity contribution in [1.29, 1.82) is 0 Å². The van der Waals surface area contributed by atoms with Crippen molar-refractivity contribution in [2.45, 2.75) is 57.3 Å². The Hall–Kier alpha value is -1.89. The second-order valence-corrected chi connectivity index (χ2v) is 7.34. The average Bonchev–Trinajstić information content (AvgIpc) is 2.92. The maximum absolute atomic E-state index is 12.4. The highest BCUT2D eigenvalue weighted by molar-refractivity contribution is 7.92. The molecule has 0 unspecified atom stereocenters. The molecule has 0 fully saturated rings. The van der Waals surface area contributed by atoms with Crippen molar-refractivity contribution in [2.75, 3.05) is 4.72 Å². The Bertz CT molecular complexity index is 725. The zero-order chi connectivity index (χ0) is 16.7. The Morgan fingerprint density at radius 2 is 1.96 bits per heavy atom. The molecule has 0 saturated heterocycles. The van der Waals surface area contributed by atoms with Crippen LogP contribution in [0.5, 0.6) is 0 Å². The summed E-state index contributed by atoms with van der Waals surface area (Å²) >= 11 is 0. The summed E-state index contributed by atoms with van der Waals surface area (Å²) in [6, 6.07) is 7.05. The second kappa shape index (κ2) is 8.10. The second-order valence-electron chi connectivity index (χ2n) is 5.66. The summed E-state index contributed by atoms with van der Waals surface area (Å²) in [5, 5.41) is 6.41. The summed E-state index contributed by atoms with van der Waals surface area (Å²) in [5.74, 6) is 0.621. The highest BCUT2D eigenvalue weighted by atomic mass is 32.2. The lowest BCUT2D eigenvalue weighted by molar-refractivity contribution is 0.600. The molecule has 0 radical (unpaired) electrons. The van der Waals surface area contributed by atoms with E-state index >= 15 is 0 Å². The largest absolute Gasteiger partial charge is 0.264 e. The molecule has 0 atom stereocenters. The van der Waals surface area contributed by atoms with Crippen molar-refractivity contribution >= 4 is 16.0 Å². The molecule has 2 rings (SSSR count). The van der Waals surface area contributed by atoms with Crippen molar-refractivity contribution in [1.82, 2.24) is 15.2 Å². The Kier molecular flexibility index (Phi) is 6.15. The number of aromatic nitrogens is 3. The predicted molar refractivity (Wildman–Crippen MR) is 90.8 cm³/mol. The molecule has 2 aromatic rings. The van der Waals surface area contributed by atoms with Crippen LogP contribution >= 0.6 is 0 Å². The van der Waals surface area contributed by atoms with Gasteiger partial charge in [0.15, 0.2) is 0 Å². The zero-order valence-corrected chi connectivity index (χ0v) is 14.5. The van der Waals surface area contributed by atoms with E-state index in [2.05, 4.69) is 26.8 Å². The summed E-state index contributed by atoms with van der Waals surface area (Å²) in [4.78, 5) is 4.21. The van der Waals surface area contributed by atoms with Crippen molar-refractivity contribution in [3.8, 4) is 0 Å². The first-order valence-electron chi connectivity index (χ1n) is 8.02. The van der Waals surface area contributed by atoms with Crippen LogP contribution in [0.1, 0.15) is 50.4 Å². The van der Waals surface area contributed by atoms with Crippen LogP contribution in [0, 0.1) is 6.92 Å². The summed E-state index contributed by atoms with van der Waals surface area (Å²) in [6.45, 7) is 3.90. The van der Waals surface area contributed by atoms with Gasteiger partial charge < -0.3 is 0 Å². The Labute approximate surface area is 137 Å². The zero-order valence-electron chi connectivity index (χ0n) is 13.7. The quantitative estimate of drug-likeness (QED) is 0.687. The third kappa shape index (κ3) is 5.35. The number of anilines is 1. The van der Waals surface area contributed by atoms with Crippen molar-refractivity contribution < 1.29 is 8.42 Å². The highest BCUT2D eigenvalue weighted by Gasteiger charge is 2.16. The molecule has 0 amide bonds. The normalized spacial score (nSPS) is 11.6. The minimum Gasteiger partial charge on any atom is -0.261 e. The van der Waals surface area contributed by atoms with Gasteiger partial charge in [-0.15, -0.1) is 5.10 Å². The highest BCUT2D eigenvalue weighted by Crippen LogP contribution is 2.17. The minimum absolute atomic E-state index is 0.0625. The molecule has 0 bridgehead atoms. The van der Waals surface area contributed by atoms with Gasteiger partial charge in [-0.25, -0.2) is 13.1 Å². The van der Waals surface area contributed by atoms with E-state index in [1.54, 1.807) is 25.1 Å². The van der Waals surface area contributed by atoms with Crippen molar-refractivity contribution in [2.24, 2.45) is 0 Å². The molecule has 0 aliphatic carbocycles. The number of rotatable bonds is 9. The van der Waals surface area contributed by atoms with Crippen LogP contribution in [0.2, 0.25) is 0 Å². The monoisotopic (exact) mass is 336 g/mol. The summed E-state index contributed by atoms with van der Waals surface area (Å²) in [6.07, 6.45) is 6.87. The number of nitrogens with zero attached hydrogens (tertiary/aromatic N) is 2. The van der Waals surface area contributed by atoms with Gasteiger partial charge >= 0.3 is 0 Å². The molecule has 0 saturated carbocycles. The number of aryl methyl sites for hydroxylation is 2. The maximum Gasteiger partial charge on any atom is 0.264 e. The lowest BCUT2D eigenvalue weighted by Crippen LogP contribution is -2.14. The van der Waals surface area contributed by atoms with Gasteiger partial charge in [0.05, 0.1) is 4.90 Å². The smallest absolute Gasteiger partial charge is 0.261 e. The molecule has 1 aromatic carbocycles. The number of sulfonamides is 1. The average molecular weight is 336 g/mol. The number of unbranched alkanes of at least 4 members (excludes halogenated alkanes) is 4. The summed E-state index contributed by atoms with van der Waals surface area (Å²) in [5.41, 5.74) is 1.04. The Balaban J connectivity index is 2.00. The van der Waals surface area contributed by atoms with Gasteiger partial charge in [-0.05, 0) is 37.5 Å². The molecule has 126 valence electrons. The van der Waals surface area contributed by atoms with E-state index in [4.69, 9.17) is 0 Å². The van der Waals surface area contributed by atoms with Crippen LogP contribution in [0.3, 0.4) is 0 Å². The molecular formula is C16H24N4O2S. The third-order valence-corrected chi connectivity index (χ3v) is 4.93. The lowest BCUT2D eigenvalue weighted by atomic mass is 10.1. The number of hydrogen-bond donors (Lipinski definition) is 2. The first kappa shape index (κ1) is 17.5. The lowest BCUT2D eigenvalue weighted by Gasteiger charge is -2.07. The van der Waals surface area contributed by atoms with Crippen LogP contribution in [0.25, 0.3) is 0 Å². The standard InChI is InChI=1S/C16H24N4O2S/c1-3-4-5-6-7-9-14-10-8-11-15(12-14)23(21,22)20-16-17-13(2)18-19-16/h8,10-12H,3-7,9H2,1-2H3,(H2,17,18,19,20). The van der Waals surface area contributed by atoms with Crippen molar-refractivity contribution in [3.63, 3.8) is 0 Å². The Morgan fingerprint density at radius 1 is 1.17 bits per heavy atom. The molecule has 0 aliphatic heterocycles. The molecule has 0 spiro atoms. The molecule has 1 aromatic heterocycles. The molecular weight excluding hydrogens is 312 g/mol. The van der Waals surface area contributed by atoms with Crippen LogP contribution in [0.15, 0.2) is 29.2 Å². The topological polar surface area (TPSA) is 87.7 Å². The van der Waals surface area contributed by atoms with Crippen LogP contribution < -0.4 is 4.72 Å². The van der Waals surface area contributed by atoms with E-state index in [1.165, 1.54) is 25.7 Å². The van der Waals surface area contributed by atoms with E-state index in [1.807, 2.05) is 6.07 Å². The van der Waals surface area contributed by atoms with E-state index in [0.717, 1.165) is 18.4 Å². The van der Waals surface area contributed by atoms with E-state index in [-0.39, 0.29) is 10.8 Å². The predicted octanol–water partition coefficient (Wildman–Crippen LogP) is 3.43. The van der Waals surface area contributed by atoms with Crippen LogP contribution in [0.4, 0.5) is 5.95 Å². The van der Waals surface area contributed by atoms with Gasteiger partial charge in [0.1, 0.15) is 5.82 Å². The summed E-state index contributed by atoms with van der Waals surface area (Å²) in [7, 11) is -3.66. The molecule has 6 nitrogen and oxygen atoms in total. The number of aromatic amines is 1. The summed E-state index contributed by atoms with van der Waals surface area (Å²) < 4.78 is 27.1. The van der Waals surface area contributed by atoms with E-state index in [9.17, 15) is 8.42 Å². The van der Waals surface area contributed by atoms with Gasteiger partial charge in [-0.3, -0.25) is 5.10 Å². The van der Waals surface area contributed by atoms with Gasteiger partial charge in [-0.1, -0.05) is 44.7 Å². The van der Waals surface area contributed by atoms with Gasteiger partial charge in [0.2, 0.25) is 0 Å². The van der Waals surface area contributed by atoms with Crippen LogP contribution in [-0.4, -0.2) is 23.6 Å². The van der Waals surface area contributed by atoms with E-state index in [0.29, 0.717) is 5.82 Å². The number of nitrogens with one attached hydrogen (secondary N) is 2. The fourth-order valence-corrected chi connectivity index (χ4v) is 3.38. The Morgan fingerprint density at radius 3 is 2.65 bits per heavy atom. The molecule has 1 heterocycles. The number of hydrogen-bond acceptors (Lipinski definition) is 4. The number of benzene rings is 1. The molecule has 23 heavy (non-hydrogen) atoms. The molecule has 7 heteroatoms. The first-order valence-corrected chi connectivity index (χ1v) is 9.50. The van der Waals surface area contributed by atoms with Crippen molar-refractivity contribution in [3.05, 3.63) is 35.7 Å². The van der Waals surface area contributed by atoms with Gasteiger partial charge in [0, 0.05) is 0 Å². The van der Waals surface area contributed by atoms with Gasteiger partial charge in [0.25, 0.3) is 16.0 Å². The van der Waals surface area contributed by atoms with Crippen LogP contribution in [-0.2, 0) is 16.4 Å².